The molecule has 1 aliphatic rings. The highest BCUT2D eigenvalue weighted by Crippen LogP contribution is 2.36. The summed E-state index contributed by atoms with van der Waals surface area (Å²) < 4.78 is 16.2. The highest BCUT2D eigenvalue weighted by atomic mass is 127. The van der Waals surface area contributed by atoms with Crippen molar-refractivity contribution in [2.24, 2.45) is 10.7 Å². The molecule has 1 aliphatic heterocycles. The Morgan fingerprint density at radius 2 is 2.11 bits per heavy atom. The number of hydrogen-bond acceptors (Lipinski definition) is 5. The van der Waals surface area contributed by atoms with Gasteiger partial charge in [-0.3, -0.25) is 4.90 Å². The van der Waals surface area contributed by atoms with Crippen LogP contribution in [0.25, 0.3) is 0 Å². The Morgan fingerprint density at radius 1 is 1.37 bits per heavy atom. The first-order valence-corrected chi connectivity index (χ1v) is 9.35. The van der Waals surface area contributed by atoms with Crippen molar-refractivity contribution in [1.82, 2.24) is 10.2 Å². The standard InChI is InChI=1S/C18H29ClN4O3.HI/c1-3-26-17-15(19)11-14(12-16(17)24-2)13-22-18(20)21-5-4-6-23-7-9-25-10-8-23;/h11-12H,3-10,13H2,1-2H3,(H3,20,21,22);1H. The van der Waals surface area contributed by atoms with Gasteiger partial charge in [-0.2, -0.15) is 0 Å². The first-order valence-electron chi connectivity index (χ1n) is 8.97. The van der Waals surface area contributed by atoms with Gasteiger partial charge in [0.15, 0.2) is 17.5 Å². The lowest BCUT2D eigenvalue weighted by Gasteiger charge is -2.26. The molecule has 0 aliphatic carbocycles. The molecule has 3 N–H and O–H groups in total. The Balaban J connectivity index is 0.00000364. The van der Waals surface area contributed by atoms with E-state index in [4.69, 9.17) is 31.5 Å². The number of aliphatic imine (C=N–C) groups is 1. The van der Waals surface area contributed by atoms with E-state index in [1.165, 1.54) is 0 Å². The van der Waals surface area contributed by atoms with Crippen molar-refractivity contribution in [1.29, 1.82) is 0 Å². The maximum absolute atomic E-state index is 6.27. The molecule has 7 nitrogen and oxygen atoms in total. The van der Waals surface area contributed by atoms with Gasteiger partial charge in [-0.15, -0.1) is 24.0 Å². The number of benzene rings is 1. The Hall–Kier alpha value is -0.970. The van der Waals surface area contributed by atoms with E-state index in [0.29, 0.717) is 35.6 Å². The first kappa shape index (κ1) is 24.1. The van der Waals surface area contributed by atoms with E-state index in [-0.39, 0.29) is 24.0 Å². The zero-order chi connectivity index (χ0) is 18.8. The van der Waals surface area contributed by atoms with Gasteiger partial charge in [-0.05, 0) is 37.6 Å². The number of rotatable bonds is 9. The SMILES string of the molecule is CCOc1c(Cl)cc(CN=C(N)NCCCN2CCOCC2)cc1OC.I. The van der Waals surface area contributed by atoms with Gasteiger partial charge in [0.1, 0.15) is 0 Å². The molecule has 2 rings (SSSR count). The predicted molar refractivity (Wildman–Crippen MR) is 120 cm³/mol. The van der Waals surface area contributed by atoms with Crippen LogP contribution in [0.3, 0.4) is 0 Å². The molecule has 0 unspecified atom stereocenters. The second-order valence-electron chi connectivity index (χ2n) is 5.98. The van der Waals surface area contributed by atoms with E-state index < -0.39 is 0 Å². The van der Waals surface area contributed by atoms with Gasteiger partial charge < -0.3 is 25.3 Å². The third kappa shape index (κ3) is 8.28. The van der Waals surface area contributed by atoms with Crippen LogP contribution >= 0.6 is 35.6 Å². The number of methoxy groups -OCH3 is 1. The van der Waals surface area contributed by atoms with Crippen molar-refractivity contribution in [3.05, 3.63) is 22.7 Å². The van der Waals surface area contributed by atoms with Crippen LogP contribution in [0.5, 0.6) is 11.5 Å². The molecule has 0 atom stereocenters. The number of nitrogens with zero attached hydrogens (tertiary/aromatic N) is 2. The largest absolute Gasteiger partial charge is 0.493 e. The molecular weight excluding hydrogens is 483 g/mol. The highest BCUT2D eigenvalue weighted by molar-refractivity contribution is 14.0. The molecule has 1 aromatic carbocycles. The average Bonchev–Trinajstić information content (AvgIpc) is 2.66. The number of nitrogens with one attached hydrogen (secondary N) is 1. The van der Waals surface area contributed by atoms with Crippen LogP contribution in [0.2, 0.25) is 5.02 Å². The monoisotopic (exact) mass is 512 g/mol. The average molecular weight is 513 g/mol. The number of nitrogens with two attached hydrogens (primary N) is 1. The summed E-state index contributed by atoms with van der Waals surface area (Å²) in [5.74, 6) is 1.58. The molecule has 0 amide bonds. The van der Waals surface area contributed by atoms with Crippen LogP contribution in [0, 0.1) is 0 Å². The minimum atomic E-state index is 0. The molecule has 0 saturated carbocycles. The van der Waals surface area contributed by atoms with E-state index in [1.54, 1.807) is 7.11 Å². The summed E-state index contributed by atoms with van der Waals surface area (Å²) >= 11 is 6.27. The van der Waals surface area contributed by atoms with Crippen LogP contribution in [0.15, 0.2) is 17.1 Å². The van der Waals surface area contributed by atoms with Crippen molar-refractivity contribution in [2.45, 2.75) is 19.9 Å². The fourth-order valence-electron chi connectivity index (χ4n) is 2.73. The van der Waals surface area contributed by atoms with Crippen molar-refractivity contribution >= 4 is 41.5 Å². The second kappa shape index (κ2) is 13.2. The quantitative estimate of drug-likeness (QED) is 0.229. The number of morpholine rings is 1. The van der Waals surface area contributed by atoms with Gasteiger partial charge in [0.2, 0.25) is 0 Å². The molecule has 1 aromatic rings. The van der Waals surface area contributed by atoms with Gasteiger partial charge in [0, 0.05) is 19.6 Å². The fourth-order valence-corrected chi connectivity index (χ4v) is 3.01. The normalized spacial score (nSPS) is 15.1. The van der Waals surface area contributed by atoms with Crippen LogP contribution in [-0.4, -0.2) is 64.0 Å². The molecule has 27 heavy (non-hydrogen) atoms. The van der Waals surface area contributed by atoms with Gasteiger partial charge in [-0.25, -0.2) is 4.99 Å². The lowest BCUT2D eigenvalue weighted by atomic mass is 10.2. The molecule has 1 saturated heterocycles. The highest BCUT2D eigenvalue weighted by Gasteiger charge is 2.12. The summed E-state index contributed by atoms with van der Waals surface area (Å²) in [7, 11) is 1.59. The van der Waals surface area contributed by atoms with Crippen LogP contribution in [-0.2, 0) is 11.3 Å². The van der Waals surface area contributed by atoms with Crippen LogP contribution in [0.4, 0.5) is 0 Å². The molecule has 0 spiro atoms. The summed E-state index contributed by atoms with van der Waals surface area (Å²) in [6, 6.07) is 3.69. The Labute approximate surface area is 183 Å². The molecule has 154 valence electrons. The maximum Gasteiger partial charge on any atom is 0.188 e. The Bertz CT molecular complexity index is 598. The fraction of sp³-hybridized carbons (Fsp3) is 0.611. The van der Waals surface area contributed by atoms with Crippen molar-refractivity contribution in [3.63, 3.8) is 0 Å². The minimum Gasteiger partial charge on any atom is -0.493 e. The summed E-state index contributed by atoms with van der Waals surface area (Å²) in [5.41, 5.74) is 6.85. The number of halogens is 2. The third-order valence-corrected chi connectivity index (χ3v) is 4.35. The van der Waals surface area contributed by atoms with E-state index in [9.17, 15) is 0 Å². The van der Waals surface area contributed by atoms with Crippen molar-refractivity contribution < 1.29 is 14.2 Å². The minimum absolute atomic E-state index is 0. The van der Waals surface area contributed by atoms with Gasteiger partial charge >= 0.3 is 0 Å². The molecule has 9 heteroatoms. The zero-order valence-electron chi connectivity index (χ0n) is 16.0. The molecule has 1 fully saturated rings. The summed E-state index contributed by atoms with van der Waals surface area (Å²) in [5, 5.41) is 3.66. The van der Waals surface area contributed by atoms with Crippen LogP contribution in [0.1, 0.15) is 18.9 Å². The van der Waals surface area contributed by atoms with Crippen LogP contribution < -0.4 is 20.5 Å². The van der Waals surface area contributed by atoms with E-state index in [2.05, 4.69) is 15.2 Å². The molecule has 0 aromatic heterocycles. The smallest absolute Gasteiger partial charge is 0.188 e. The number of ether oxygens (including phenoxy) is 3. The van der Waals surface area contributed by atoms with Crippen molar-refractivity contribution in [2.75, 3.05) is 53.1 Å². The van der Waals surface area contributed by atoms with Gasteiger partial charge in [0.05, 0.1) is 38.5 Å². The van der Waals surface area contributed by atoms with E-state index in [1.807, 2.05) is 19.1 Å². The zero-order valence-corrected chi connectivity index (χ0v) is 19.1. The summed E-state index contributed by atoms with van der Waals surface area (Å²) in [6.45, 7) is 8.33. The summed E-state index contributed by atoms with van der Waals surface area (Å²) in [6.07, 6.45) is 1.01. The Morgan fingerprint density at radius 3 is 2.78 bits per heavy atom. The number of guanidine groups is 1. The van der Waals surface area contributed by atoms with E-state index in [0.717, 1.165) is 51.4 Å². The van der Waals surface area contributed by atoms with E-state index >= 15 is 0 Å². The molecule has 1 heterocycles. The van der Waals surface area contributed by atoms with Gasteiger partial charge in [0.25, 0.3) is 0 Å². The second-order valence-corrected chi connectivity index (χ2v) is 6.39. The van der Waals surface area contributed by atoms with Gasteiger partial charge in [-0.1, -0.05) is 11.6 Å². The third-order valence-electron chi connectivity index (χ3n) is 4.07. The van der Waals surface area contributed by atoms with Crippen molar-refractivity contribution in [3.8, 4) is 11.5 Å². The first-order chi connectivity index (χ1) is 12.6. The Kier molecular flexibility index (Phi) is 11.8. The molecular formula is C18H30ClIN4O3. The topological polar surface area (TPSA) is 81.3 Å². The predicted octanol–water partition coefficient (Wildman–Crippen LogP) is 2.49. The lowest BCUT2D eigenvalue weighted by molar-refractivity contribution is 0.0376. The molecule has 0 radical (unpaired) electrons. The summed E-state index contributed by atoms with van der Waals surface area (Å²) in [4.78, 5) is 6.76. The number of hydrogen-bond donors (Lipinski definition) is 2. The lowest BCUT2D eigenvalue weighted by Crippen LogP contribution is -2.39. The maximum atomic E-state index is 6.27. The molecule has 0 bridgehead atoms.